The van der Waals surface area contributed by atoms with Crippen LogP contribution in [0, 0.1) is 11.8 Å². The smallest absolute Gasteiger partial charge is 0.388 e. The number of aliphatic hydroxyl groups is 1. The Morgan fingerprint density at radius 2 is 1.76 bits per heavy atom. The molecule has 2 rings (SSSR count). The molecule has 2 nitrogen and oxygen atoms in total. The van der Waals surface area contributed by atoms with Crippen LogP contribution in [0.2, 0.25) is 0 Å². The van der Waals surface area contributed by atoms with Gasteiger partial charge in [0.15, 0.2) is 0 Å². The Balaban J connectivity index is 1.83. The molecule has 1 saturated heterocycles. The predicted molar refractivity (Wildman–Crippen MR) is 75.8 cm³/mol. The lowest BCUT2D eigenvalue weighted by atomic mass is 9.93. The topological polar surface area (TPSA) is 23.5 Å². The second kappa shape index (κ2) is 6.79. The highest BCUT2D eigenvalue weighted by Crippen LogP contribution is 2.34. The highest BCUT2D eigenvalue weighted by molar-refractivity contribution is 5.17. The number of aliphatic hydroxyl groups excluding tert-OH is 1. The van der Waals surface area contributed by atoms with Crippen LogP contribution in [0.15, 0.2) is 30.3 Å². The van der Waals surface area contributed by atoms with Gasteiger partial charge in [0.25, 0.3) is 0 Å². The molecule has 1 N–H and O–H groups in total. The first-order valence-electron chi connectivity index (χ1n) is 7.40. The Hall–Kier alpha value is -1.07. The molecule has 0 bridgehead atoms. The molecule has 2 unspecified atom stereocenters. The van der Waals surface area contributed by atoms with Crippen molar-refractivity contribution >= 4 is 0 Å². The molecule has 0 amide bonds. The maximum Gasteiger partial charge on any atom is 0.391 e. The molecule has 1 aliphatic rings. The Bertz CT molecular complexity index is 427. The van der Waals surface area contributed by atoms with Crippen molar-refractivity contribution in [1.29, 1.82) is 0 Å². The number of halogens is 3. The number of rotatable bonds is 4. The van der Waals surface area contributed by atoms with Crippen molar-refractivity contribution in [1.82, 2.24) is 4.90 Å². The van der Waals surface area contributed by atoms with Gasteiger partial charge in [-0.15, -0.1) is 0 Å². The summed E-state index contributed by atoms with van der Waals surface area (Å²) in [5.41, 5.74) is 0.857. The van der Waals surface area contributed by atoms with Crippen LogP contribution in [-0.2, 0) is 0 Å². The third kappa shape index (κ3) is 4.45. The minimum Gasteiger partial charge on any atom is -0.388 e. The first-order valence-corrected chi connectivity index (χ1v) is 7.40. The van der Waals surface area contributed by atoms with Gasteiger partial charge in [-0.05, 0) is 37.4 Å². The average Bonchev–Trinajstić information content (AvgIpc) is 2.47. The van der Waals surface area contributed by atoms with Gasteiger partial charge in [0, 0.05) is 6.54 Å². The zero-order valence-electron chi connectivity index (χ0n) is 12.2. The highest BCUT2D eigenvalue weighted by atomic mass is 19.4. The Labute approximate surface area is 123 Å². The molecule has 1 aliphatic heterocycles. The molecular weight excluding hydrogens is 279 g/mol. The summed E-state index contributed by atoms with van der Waals surface area (Å²) in [6, 6.07) is 9.39. The van der Waals surface area contributed by atoms with Crippen LogP contribution in [0.5, 0.6) is 0 Å². The van der Waals surface area contributed by atoms with Gasteiger partial charge in [0.05, 0.1) is 12.0 Å². The highest BCUT2D eigenvalue weighted by Gasteiger charge is 2.41. The van der Waals surface area contributed by atoms with Crippen LogP contribution in [0.25, 0.3) is 0 Å². The summed E-state index contributed by atoms with van der Waals surface area (Å²) < 4.78 is 37.9. The van der Waals surface area contributed by atoms with Crippen molar-refractivity contribution in [2.75, 3.05) is 19.6 Å². The molecular formula is C16H22F3NO. The van der Waals surface area contributed by atoms with Gasteiger partial charge in [-0.2, -0.15) is 13.2 Å². The predicted octanol–water partition coefficient (Wildman–Crippen LogP) is 3.63. The summed E-state index contributed by atoms with van der Waals surface area (Å²) in [4.78, 5) is 2.03. The van der Waals surface area contributed by atoms with Crippen molar-refractivity contribution in [3.8, 4) is 0 Å². The van der Waals surface area contributed by atoms with E-state index in [4.69, 9.17) is 0 Å². The lowest BCUT2D eigenvalue weighted by Crippen LogP contribution is -2.41. The van der Waals surface area contributed by atoms with Gasteiger partial charge >= 0.3 is 6.18 Å². The molecule has 0 saturated carbocycles. The van der Waals surface area contributed by atoms with E-state index >= 15 is 0 Å². The van der Waals surface area contributed by atoms with Crippen LogP contribution < -0.4 is 0 Å². The van der Waals surface area contributed by atoms with Gasteiger partial charge in [0.2, 0.25) is 0 Å². The summed E-state index contributed by atoms with van der Waals surface area (Å²) in [5.74, 6) is -1.17. The number of benzene rings is 1. The van der Waals surface area contributed by atoms with Crippen molar-refractivity contribution in [2.45, 2.75) is 32.0 Å². The molecule has 1 heterocycles. The third-order valence-corrected chi connectivity index (χ3v) is 4.28. The van der Waals surface area contributed by atoms with E-state index in [-0.39, 0.29) is 18.8 Å². The molecule has 0 spiro atoms. The molecule has 2 atom stereocenters. The minimum atomic E-state index is -4.07. The number of hydrogen-bond acceptors (Lipinski definition) is 2. The van der Waals surface area contributed by atoms with Crippen molar-refractivity contribution < 1.29 is 18.3 Å². The second-order valence-electron chi connectivity index (χ2n) is 5.95. The normalized spacial score (nSPS) is 21.2. The van der Waals surface area contributed by atoms with E-state index < -0.39 is 18.2 Å². The molecule has 1 aromatic rings. The summed E-state index contributed by atoms with van der Waals surface area (Å²) in [6.07, 6.45) is -4.32. The number of nitrogens with zero attached hydrogens (tertiary/aromatic N) is 1. The van der Waals surface area contributed by atoms with E-state index in [1.807, 2.05) is 42.2 Å². The monoisotopic (exact) mass is 301 g/mol. The van der Waals surface area contributed by atoms with Gasteiger partial charge in [-0.1, -0.05) is 37.3 Å². The molecule has 21 heavy (non-hydrogen) atoms. The van der Waals surface area contributed by atoms with Crippen LogP contribution in [0.1, 0.15) is 31.4 Å². The molecule has 0 aliphatic carbocycles. The van der Waals surface area contributed by atoms with Crippen molar-refractivity contribution in [2.24, 2.45) is 11.8 Å². The van der Waals surface area contributed by atoms with Crippen LogP contribution in [0.3, 0.4) is 0 Å². The van der Waals surface area contributed by atoms with Gasteiger partial charge in [0.1, 0.15) is 0 Å². The summed E-state index contributed by atoms with van der Waals surface area (Å²) in [7, 11) is 0. The maximum atomic E-state index is 12.6. The zero-order chi connectivity index (χ0) is 15.5. The van der Waals surface area contributed by atoms with Crippen molar-refractivity contribution in [3.05, 3.63) is 35.9 Å². The van der Waals surface area contributed by atoms with Gasteiger partial charge in [-0.3, -0.25) is 0 Å². The zero-order valence-corrected chi connectivity index (χ0v) is 12.2. The van der Waals surface area contributed by atoms with Crippen LogP contribution >= 0.6 is 0 Å². The largest absolute Gasteiger partial charge is 0.391 e. The number of piperidine rings is 1. The molecule has 0 radical (unpaired) electrons. The average molecular weight is 301 g/mol. The standard InChI is InChI=1S/C16H22F3NO/c1-12(15(21)13-5-3-2-4-6-13)11-20-9-7-14(8-10-20)16(17,18)19/h2-6,12,14-15,21H,7-11H2,1H3. The van der Waals surface area contributed by atoms with Gasteiger partial charge < -0.3 is 10.0 Å². The minimum absolute atomic E-state index is 0.00478. The van der Waals surface area contributed by atoms with Crippen LogP contribution in [0.4, 0.5) is 13.2 Å². The Morgan fingerprint density at radius 3 is 2.29 bits per heavy atom. The Morgan fingerprint density at radius 1 is 1.19 bits per heavy atom. The van der Waals surface area contributed by atoms with E-state index in [9.17, 15) is 18.3 Å². The number of likely N-dealkylation sites (tertiary alicyclic amines) is 1. The first-order chi connectivity index (χ1) is 9.88. The molecule has 0 aromatic heterocycles. The van der Waals surface area contributed by atoms with E-state index in [0.717, 1.165) is 5.56 Å². The van der Waals surface area contributed by atoms with Crippen LogP contribution in [-0.4, -0.2) is 35.8 Å². The molecule has 1 aromatic carbocycles. The Kier molecular flexibility index (Phi) is 5.27. The number of hydrogen-bond donors (Lipinski definition) is 1. The summed E-state index contributed by atoms with van der Waals surface area (Å²) >= 11 is 0. The van der Waals surface area contributed by atoms with E-state index in [1.165, 1.54) is 0 Å². The fraction of sp³-hybridized carbons (Fsp3) is 0.625. The lowest BCUT2D eigenvalue weighted by Gasteiger charge is -2.35. The third-order valence-electron chi connectivity index (χ3n) is 4.28. The summed E-state index contributed by atoms with van der Waals surface area (Å²) in [6.45, 7) is 3.47. The van der Waals surface area contributed by atoms with Gasteiger partial charge in [-0.25, -0.2) is 0 Å². The van der Waals surface area contributed by atoms with E-state index in [1.54, 1.807) is 0 Å². The first kappa shape index (κ1) is 16.3. The van der Waals surface area contributed by atoms with E-state index in [2.05, 4.69) is 0 Å². The summed E-state index contributed by atoms with van der Waals surface area (Å²) in [5, 5.41) is 10.3. The maximum absolute atomic E-state index is 12.6. The van der Waals surface area contributed by atoms with E-state index in [0.29, 0.717) is 19.6 Å². The lowest BCUT2D eigenvalue weighted by molar-refractivity contribution is -0.185. The number of alkyl halides is 3. The second-order valence-corrected chi connectivity index (χ2v) is 5.95. The fourth-order valence-corrected chi connectivity index (χ4v) is 2.93. The molecule has 5 heteroatoms. The molecule has 118 valence electrons. The fourth-order valence-electron chi connectivity index (χ4n) is 2.93. The SMILES string of the molecule is CC(CN1CCC(C(F)(F)F)CC1)C(O)c1ccccc1. The molecule has 1 fully saturated rings. The van der Waals surface area contributed by atoms with Crippen molar-refractivity contribution in [3.63, 3.8) is 0 Å². The quantitative estimate of drug-likeness (QED) is 0.918.